The van der Waals surface area contributed by atoms with Gasteiger partial charge >= 0.3 is 0 Å². The summed E-state index contributed by atoms with van der Waals surface area (Å²) in [5, 5.41) is 0. The third-order valence-corrected chi connectivity index (χ3v) is 2.70. The lowest BCUT2D eigenvalue weighted by molar-refractivity contribution is 0.632. The molecule has 1 nitrogen and oxygen atoms in total. The summed E-state index contributed by atoms with van der Waals surface area (Å²) >= 11 is 0. The van der Waals surface area contributed by atoms with Crippen LogP contribution >= 0.6 is 0 Å². The highest BCUT2D eigenvalue weighted by Gasteiger charge is 2.30. The number of hydrogen-bond acceptors (Lipinski definition) is 1. The molecule has 13 heavy (non-hydrogen) atoms. The fraction of sp³-hybridized carbons (Fsp3) is 0.333. The Hall–Kier alpha value is -1.08. The van der Waals surface area contributed by atoms with Crippen LogP contribution in [0.4, 0.5) is 0 Å². The van der Waals surface area contributed by atoms with Crippen molar-refractivity contribution in [3.05, 3.63) is 42.0 Å². The largest absolute Gasteiger partial charge is 0.324 e. The van der Waals surface area contributed by atoms with E-state index in [1.54, 1.807) is 0 Å². The molecule has 1 aromatic rings. The first kappa shape index (κ1) is 8.52. The van der Waals surface area contributed by atoms with Crippen LogP contribution in [0.5, 0.6) is 0 Å². The van der Waals surface area contributed by atoms with Crippen molar-refractivity contribution in [2.24, 2.45) is 11.7 Å². The fourth-order valence-corrected chi connectivity index (χ4v) is 1.71. The summed E-state index contributed by atoms with van der Waals surface area (Å²) in [6, 6.07) is 8.48. The zero-order chi connectivity index (χ0) is 9.26. The van der Waals surface area contributed by atoms with E-state index >= 15 is 0 Å². The molecule has 2 N–H and O–H groups in total. The third-order valence-electron chi connectivity index (χ3n) is 2.70. The molecule has 2 rings (SSSR count). The van der Waals surface area contributed by atoms with Crippen molar-refractivity contribution in [3.8, 4) is 0 Å². The van der Waals surface area contributed by atoms with Gasteiger partial charge in [0.2, 0.25) is 0 Å². The van der Waals surface area contributed by atoms with Gasteiger partial charge in [-0.05, 0) is 29.9 Å². The van der Waals surface area contributed by atoms with E-state index in [0.29, 0.717) is 5.92 Å². The Bertz CT molecular complexity index is 313. The zero-order valence-corrected chi connectivity index (χ0v) is 7.74. The molecule has 0 radical (unpaired) electrons. The SMILES string of the molecule is C=Cc1ccccc1[C@H](N)C1CC1. The van der Waals surface area contributed by atoms with Crippen molar-refractivity contribution >= 4 is 6.08 Å². The molecule has 1 heteroatoms. The van der Waals surface area contributed by atoms with E-state index in [2.05, 4.69) is 18.7 Å². The molecule has 1 saturated carbocycles. The summed E-state index contributed by atoms with van der Waals surface area (Å²) < 4.78 is 0. The molecule has 1 atom stereocenters. The standard InChI is InChI=1S/C12H15N/c1-2-9-5-3-4-6-11(9)12(13)10-7-8-10/h2-6,10,12H,1,7-8,13H2/t12-/m1/s1. The van der Waals surface area contributed by atoms with Gasteiger partial charge in [0.15, 0.2) is 0 Å². The van der Waals surface area contributed by atoms with E-state index in [4.69, 9.17) is 5.73 Å². The molecule has 0 amide bonds. The minimum Gasteiger partial charge on any atom is -0.324 e. The molecule has 1 aliphatic rings. The summed E-state index contributed by atoms with van der Waals surface area (Å²) in [6.45, 7) is 3.80. The number of benzene rings is 1. The van der Waals surface area contributed by atoms with Crippen LogP contribution in [-0.4, -0.2) is 0 Å². The van der Waals surface area contributed by atoms with E-state index in [-0.39, 0.29) is 6.04 Å². The van der Waals surface area contributed by atoms with Crippen LogP contribution in [0.25, 0.3) is 6.08 Å². The molecule has 0 heterocycles. The van der Waals surface area contributed by atoms with E-state index in [1.807, 2.05) is 18.2 Å². The van der Waals surface area contributed by atoms with E-state index < -0.39 is 0 Å². The van der Waals surface area contributed by atoms with Crippen molar-refractivity contribution in [1.29, 1.82) is 0 Å². The maximum atomic E-state index is 6.13. The Kier molecular flexibility index (Phi) is 2.19. The average Bonchev–Trinajstić information content (AvgIpc) is 3.00. The monoisotopic (exact) mass is 173 g/mol. The van der Waals surface area contributed by atoms with Gasteiger partial charge in [-0.25, -0.2) is 0 Å². The normalized spacial score (nSPS) is 18.2. The Balaban J connectivity index is 2.31. The topological polar surface area (TPSA) is 26.0 Å². The van der Waals surface area contributed by atoms with Gasteiger partial charge in [-0.2, -0.15) is 0 Å². The van der Waals surface area contributed by atoms with Crippen LogP contribution in [-0.2, 0) is 0 Å². The van der Waals surface area contributed by atoms with Crippen LogP contribution in [0.1, 0.15) is 30.0 Å². The molecule has 0 aromatic heterocycles. The predicted octanol–water partition coefficient (Wildman–Crippen LogP) is 2.74. The van der Waals surface area contributed by atoms with E-state index in [9.17, 15) is 0 Å². The predicted molar refractivity (Wildman–Crippen MR) is 56.2 cm³/mol. The van der Waals surface area contributed by atoms with Crippen molar-refractivity contribution in [2.45, 2.75) is 18.9 Å². The van der Waals surface area contributed by atoms with E-state index in [1.165, 1.54) is 24.0 Å². The van der Waals surface area contributed by atoms with Crippen LogP contribution in [0.15, 0.2) is 30.8 Å². The molecule has 0 spiro atoms. The summed E-state index contributed by atoms with van der Waals surface area (Å²) in [5.74, 6) is 0.709. The Labute approximate surface area is 79.3 Å². The minimum absolute atomic E-state index is 0.217. The van der Waals surface area contributed by atoms with Crippen LogP contribution in [0.2, 0.25) is 0 Å². The fourth-order valence-electron chi connectivity index (χ4n) is 1.71. The molecular weight excluding hydrogens is 158 g/mol. The molecule has 0 saturated heterocycles. The number of nitrogens with two attached hydrogens (primary N) is 1. The first-order chi connectivity index (χ1) is 6.33. The first-order valence-corrected chi connectivity index (χ1v) is 4.80. The number of rotatable bonds is 3. The second-order valence-electron chi connectivity index (χ2n) is 3.70. The zero-order valence-electron chi connectivity index (χ0n) is 7.74. The maximum Gasteiger partial charge on any atom is 0.0329 e. The quantitative estimate of drug-likeness (QED) is 0.747. The molecule has 1 aromatic carbocycles. The highest BCUT2D eigenvalue weighted by molar-refractivity contribution is 5.52. The van der Waals surface area contributed by atoms with Crippen LogP contribution < -0.4 is 5.73 Å². The van der Waals surface area contributed by atoms with Gasteiger partial charge in [0, 0.05) is 6.04 Å². The third kappa shape index (κ3) is 1.65. The van der Waals surface area contributed by atoms with Gasteiger partial charge in [0.25, 0.3) is 0 Å². The Morgan fingerprint density at radius 1 is 1.38 bits per heavy atom. The number of hydrogen-bond donors (Lipinski definition) is 1. The van der Waals surface area contributed by atoms with Crippen molar-refractivity contribution in [3.63, 3.8) is 0 Å². The molecule has 0 aliphatic heterocycles. The lowest BCUT2D eigenvalue weighted by Gasteiger charge is -2.13. The highest BCUT2D eigenvalue weighted by atomic mass is 14.7. The Morgan fingerprint density at radius 3 is 2.69 bits per heavy atom. The highest BCUT2D eigenvalue weighted by Crippen LogP contribution is 2.40. The van der Waals surface area contributed by atoms with Crippen molar-refractivity contribution < 1.29 is 0 Å². The summed E-state index contributed by atoms with van der Waals surface area (Å²) in [5.41, 5.74) is 8.56. The van der Waals surface area contributed by atoms with Crippen LogP contribution in [0.3, 0.4) is 0 Å². The summed E-state index contributed by atoms with van der Waals surface area (Å²) in [7, 11) is 0. The molecule has 0 unspecified atom stereocenters. The summed E-state index contributed by atoms with van der Waals surface area (Å²) in [4.78, 5) is 0. The van der Waals surface area contributed by atoms with Gasteiger partial charge in [0.05, 0.1) is 0 Å². The van der Waals surface area contributed by atoms with Gasteiger partial charge in [-0.1, -0.05) is 36.9 Å². The molecule has 0 bridgehead atoms. The molecule has 1 aliphatic carbocycles. The lowest BCUT2D eigenvalue weighted by Crippen LogP contribution is -2.13. The van der Waals surface area contributed by atoms with Crippen molar-refractivity contribution in [2.75, 3.05) is 0 Å². The van der Waals surface area contributed by atoms with Gasteiger partial charge < -0.3 is 5.73 Å². The van der Waals surface area contributed by atoms with Gasteiger partial charge in [-0.3, -0.25) is 0 Å². The second-order valence-corrected chi connectivity index (χ2v) is 3.70. The van der Waals surface area contributed by atoms with Crippen molar-refractivity contribution in [1.82, 2.24) is 0 Å². The summed E-state index contributed by atoms with van der Waals surface area (Å²) in [6.07, 6.45) is 4.46. The van der Waals surface area contributed by atoms with Gasteiger partial charge in [-0.15, -0.1) is 0 Å². The first-order valence-electron chi connectivity index (χ1n) is 4.80. The second kappa shape index (κ2) is 3.35. The molecule has 68 valence electrons. The lowest BCUT2D eigenvalue weighted by atomic mass is 9.98. The average molecular weight is 173 g/mol. The molecule has 1 fully saturated rings. The van der Waals surface area contributed by atoms with E-state index in [0.717, 1.165) is 0 Å². The smallest absolute Gasteiger partial charge is 0.0329 e. The maximum absolute atomic E-state index is 6.13. The van der Waals surface area contributed by atoms with Gasteiger partial charge in [0.1, 0.15) is 0 Å². The molecular formula is C12H15N. The van der Waals surface area contributed by atoms with Crippen LogP contribution in [0, 0.1) is 5.92 Å². The Morgan fingerprint density at radius 2 is 2.08 bits per heavy atom. The minimum atomic E-state index is 0.217.